The highest BCUT2D eigenvalue weighted by atomic mass is 32.2. The molecule has 3 rings (SSSR count). The molecule has 148 valence electrons. The maximum Gasteiger partial charge on any atom is 0.231 e. The second-order valence-corrected chi connectivity index (χ2v) is 7.08. The molecule has 0 unspecified atom stereocenters. The molecule has 1 aliphatic heterocycles. The average molecular weight is 404 g/mol. The van der Waals surface area contributed by atoms with E-state index in [0.717, 1.165) is 25.2 Å². The minimum absolute atomic E-state index is 0.0239. The number of nitriles is 1. The third-order valence-corrected chi connectivity index (χ3v) is 5.23. The standard InChI is InChI=1S/C18H21FN6O2S/c19-15-3-1-14(2-4-15)17-22-23-18(28-13-16(26)21-6-5-20)25(17)8-7-24-9-11-27-12-10-24/h1-4H,6-13H2,(H,21,26). The smallest absolute Gasteiger partial charge is 0.231 e. The number of carbonyl (C=O) groups is 1. The molecule has 28 heavy (non-hydrogen) atoms. The van der Waals surface area contributed by atoms with Gasteiger partial charge in [0.1, 0.15) is 12.4 Å². The summed E-state index contributed by atoms with van der Waals surface area (Å²) in [6.45, 7) is 4.58. The van der Waals surface area contributed by atoms with Crippen LogP contribution >= 0.6 is 11.8 Å². The van der Waals surface area contributed by atoms with Crippen LogP contribution in [0.1, 0.15) is 0 Å². The van der Waals surface area contributed by atoms with Crippen LogP contribution in [0, 0.1) is 17.1 Å². The quantitative estimate of drug-likeness (QED) is 0.521. The molecular formula is C18H21FN6O2S. The molecule has 1 aromatic heterocycles. The number of aromatic nitrogens is 3. The van der Waals surface area contributed by atoms with Crippen LogP contribution in [0.25, 0.3) is 11.4 Å². The van der Waals surface area contributed by atoms with E-state index in [-0.39, 0.29) is 24.0 Å². The van der Waals surface area contributed by atoms with Gasteiger partial charge in [0.2, 0.25) is 5.91 Å². The van der Waals surface area contributed by atoms with E-state index in [4.69, 9.17) is 10.00 Å². The second-order valence-electron chi connectivity index (χ2n) is 6.14. The van der Waals surface area contributed by atoms with Crippen LogP contribution in [0.5, 0.6) is 0 Å². The number of carbonyl (C=O) groups excluding carboxylic acids is 1. The zero-order valence-corrected chi connectivity index (χ0v) is 16.1. The molecular weight excluding hydrogens is 383 g/mol. The van der Waals surface area contributed by atoms with Gasteiger partial charge < -0.3 is 14.6 Å². The normalized spacial score (nSPS) is 14.6. The highest BCUT2D eigenvalue weighted by Crippen LogP contribution is 2.24. The molecule has 1 N–H and O–H groups in total. The molecule has 0 saturated carbocycles. The second kappa shape index (κ2) is 10.2. The first-order chi connectivity index (χ1) is 13.7. The van der Waals surface area contributed by atoms with Gasteiger partial charge in [-0.2, -0.15) is 5.26 Å². The Kier molecular flexibility index (Phi) is 7.36. The molecule has 8 nitrogen and oxygen atoms in total. The maximum atomic E-state index is 13.3. The Labute approximate surface area is 166 Å². The number of thioether (sulfide) groups is 1. The summed E-state index contributed by atoms with van der Waals surface area (Å²) >= 11 is 1.26. The van der Waals surface area contributed by atoms with Crippen molar-refractivity contribution in [3.8, 4) is 17.5 Å². The summed E-state index contributed by atoms with van der Waals surface area (Å²) in [6, 6.07) is 7.98. The third kappa shape index (κ3) is 5.51. The first-order valence-corrected chi connectivity index (χ1v) is 9.91. The summed E-state index contributed by atoms with van der Waals surface area (Å²) in [5, 5.41) is 20.2. The van der Waals surface area contributed by atoms with Gasteiger partial charge in [0.05, 0.1) is 25.0 Å². The summed E-state index contributed by atoms with van der Waals surface area (Å²) in [4.78, 5) is 14.1. The first kappa shape index (κ1) is 20.3. The fourth-order valence-corrected chi connectivity index (χ4v) is 3.59. The van der Waals surface area contributed by atoms with Crippen LogP contribution in [0.2, 0.25) is 0 Å². The molecule has 1 saturated heterocycles. The lowest BCUT2D eigenvalue weighted by atomic mass is 10.2. The number of benzene rings is 1. The van der Waals surface area contributed by atoms with Crippen molar-refractivity contribution in [2.75, 3.05) is 45.1 Å². The number of halogens is 1. The summed E-state index contributed by atoms with van der Waals surface area (Å²) < 4.78 is 20.6. The van der Waals surface area contributed by atoms with Crippen molar-refractivity contribution in [3.05, 3.63) is 30.1 Å². The summed E-state index contributed by atoms with van der Waals surface area (Å²) in [5.74, 6) is 0.221. The SMILES string of the molecule is N#CCNC(=O)CSc1nnc(-c2ccc(F)cc2)n1CCN1CCOCC1. The van der Waals surface area contributed by atoms with Gasteiger partial charge in [0, 0.05) is 31.7 Å². The fourth-order valence-electron chi connectivity index (χ4n) is 2.79. The Morgan fingerprint density at radius 2 is 2.00 bits per heavy atom. The number of ether oxygens (including phenoxy) is 1. The van der Waals surface area contributed by atoms with E-state index in [1.807, 2.05) is 10.6 Å². The Morgan fingerprint density at radius 3 is 2.71 bits per heavy atom. The molecule has 1 aliphatic rings. The summed E-state index contributed by atoms with van der Waals surface area (Å²) in [5.41, 5.74) is 0.761. The molecule has 2 heterocycles. The van der Waals surface area contributed by atoms with Crippen molar-refractivity contribution in [2.24, 2.45) is 0 Å². The summed E-state index contributed by atoms with van der Waals surface area (Å²) in [6.07, 6.45) is 0. The zero-order chi connectivity index (χ0) is 19.8. The predicted molar refractivity (Wildman–Crippen MR) is 102 cm³/mol. The predicted octanol–water partition coefficient (Wildman–Crippen LogP) is 1.15. The topological polar surface area (TPSA) is 96.1 Å². The van der Waals surface area contributed by atoms with E-state index in [1.54, 1.807) is 12.1 Å². The van der Waals surface area contributed by atoms with Crippen molar-refractivity contribution in [1.82, 2.24) is 25.0 Å². The van der Waals surface area contributed by atoms with E-state index >= 15 is 0 Å². The van der Waals surface area contributed by atoms with E-state index in [9.17, 15) is 9.18 Å². The Hall–Kier alpha value is -2.48. The van der Waals surface area contributed by atoms with Crippen LogP contribution in [0.15, 0.2) is 29.4 Å². The molecule has 0 bridgehead atoms. The van der Waals surface area contributed by atoms with Gasteiger partial charge in [-0.25, -0.2) is 4.39 Å². The molecule has 1 aromatic carbocycles. The molecule has 0 radical (unpaired) electrons. The van der Waals surface area contributed by atoms with Crippen LogP contribution in [-0.4, -0.2) is 70.7 Å². The largest absolute Gasteiger partial charge is 0.379 e. The van der Waals surface area contributed by atoms with Crippen molar-refractivity contribution in [3.63, 3.8) is 0 Å². The minimum Gasteiger partial charge on any atom is -0.379 e. The van der Waals surface area contributed by atoms with E-state index in [1.165, 1.54) is 23.9 Å². The van der Waals surface area contributed by atoms with Crippen molar-refractivity contribution >= 4 is 17.7 Å². The number of hydrogen-bond donors (Lipinski definition) is 1. The molecule has 10 heteroatoms. The van der Waals surface area contributed by atoms with Gasteiger partial charge in [-0.05, 0) is 24.3 Å². The average Bonchev–Trinajstić information content (AvgIpc) is 3.13. The van der Waals surface area contributed by atoms with Crippen LogP contribution in [0.4, 0.5) is 4.39 Å². The van der Waals surface area contributed by atoms with Crippen LogP contribution < -0.4 is 5.32 Å². The fraction of sp³-hybridized carbons (Fsp3) is 0.444. The lowest BCUT2D eigenvalue weighted by Gasteiger charge is -2.27. The van der Waals surface area contributed by atoms with E-state index in [2.05, 4.69) is 20.4 Å². The number of morpholine rings is 1. The Balaban J connectivity index is 1.75. The van der Waals surface area contributed by atoms with Crippen molar-refractivity contribution in [2.45, 2.75) is 11.7 Å². The van der Waals surface area contributed by atoms with E-state index in [0.29, 0.717) is 30.7 Å². The van der Waals surface area contributed by atoms with Crippen LogP contribution in [-0.2, 0) is 16.1 Å². The van der Waals surface area contributed by atoms with Gasteiger partial charge in [-0.1, -0.05) is 11.8 Å². The number of rotatable bonds is 8. The first-order valence-electron chi connectivity index (χ1n) is 8.93. The third-order valence-electron chi connectivity index (χ3n) is 4.26. The summed E-state index contributed by atoms with van der Waals surface area (Å²) in [7, 11) is 0. The number of amides is 1. The maximum absolute atomic E-state index is 13.3. The van der Waals surface area contributed by atoms with Crippen molar-refractivity contribution < 1.29 is 13.9 Å². The highest BCUT2D eigenvalue weighted by molar-refractivity contribution is 7.99. The van der Waals surface area contributed by atoms with Gasteiger partial charge >= 0.3 is 0 Å². The lowest BCUT2D eigenvalue weighted by Crippen LogP contribution is -2.38. The van der Waals surface area contributed by atoms with E-state index < -0.39 is 0 Å². The van der Waals surface area contributed by atoms with Crippen molar-refractivity contribution in [1.29, 1.82) is 5.26 Å². The Morgan fingerprint density at radius 1 is 1.25 bits per heavy atom. The molecule has 1 amide bonds. The van der Waals surface area contributed by atoms with Gasteiger partial charge in [-0.3, -0.25) is 9.69 Å². The Bertz CT molecular complexity index is 830. The van der Waals surface area contributed by atoms with Gasteiger partial charge in [-0.15, -0.1) is 10.2 Å². The van der Waals surface area contributed by atoms with Crippen LogP contribution in [0.3, 0.4) is 0 Å². The van der Waals surface area contributed by atoms with Gasteiger partial charge in [0.25, 0.3) is 0 Å². The molecule has 0 aliphatic carbocycles. The lowest BCUT2D eigenvalue weighted by molar-refractivity contribution is -0.118. The number of nitrogens with zero attached hydrogens (tertiary/aromatic N) is 5. The molecule has 0 spiro atoms. The monoisotopic (exact) mass is 404 g/mol. The highest BCUT2D eigenvalue weighted by Gasteiger charge is 2.18. The van der Waals surface area contributed by atoms with Gasteiger partial charge in [0.15, 0.2) is 11.0 Å². The number of nitrogens with one attached hydrogen (secondary N) is 1. The minimum atomic E-state index is -0.313. The molecule has 0 atom stereocenters. The zero-order valence-electron chi connectivity index (χ0n) is 15.3. The number of hydrogen-bond acceptors (Lipinski definition) is 7. The molecule has 1 fully saturated rings. The molecule has 2 aromatic rings.